The van der Waals surface area contributed by atoms with Crippen LogP contribution in [0.15, 0.2) is 65.3 Å². The largest absolute Gasteiger partial charge is 0.493 e. The number of rotatable bonds is 6. The van der Waals surface area contributed by atoms with Crippen LogP contribution in [-0.4, -0.2) is 22.1 Å². The van der Waals surface area contributed by atoms with Gasteiger partial charge in [0.15, 0.2) is 5.76 Å². The number of hydrogen-bond acceptors (Lipinski definition) is 4. The van der Waals surface area contributed by atoms with Gasteiger partial charge in [0.25, 0.3) is 5.91 Å². The van der Waals surface area contributed by atoms with E-state index in [1.807, 2.05) is 42.5 Å². The monoisotopic (exact) mass is 408 g/mol. The molecule has 0 spiro atoms. The lowest BCUT2D eigenvalue weighted by atomic mass is 10.1. The number of carbonyl (C=O) groups is 1. The number of furan rings is 1. The average Bonchev–Trinajstić information content (AvgIpc) is 3.34. The first-order valence-corrected chi connectivity index (χ1v) is 9.86. The van der Waals surface area contributed by atoms with Gasteiger partial charge in [0.05, 0.1) is 17.6 Å². The van der Waals surface area contributed by atoms with Crippen LogP contribution in [-0.2, 0) is 6.42 Å². The Hall–Kier alpha value is -3.05. The quantitative estimate of drug-likeness (QED) is 0.417. The lowest BCUT2D eigenvalue weighted by Gasteiger charge is -2.13. The third-order valence-electron chi connectivity index (χ3n) is 4.50. The van der Waals surface area contributed by atoms with E-state index in [1.54, 1.807) is 12.1 Å². The second kappa shape index (κ2) is 8.13. The van der Waals surface area contributed by atoms with Crippen LogP contribution in [0.25, 0.3) is 11.0 Å². The fraction of sp³-hybridized carbons (Fsp3) is 0.217. The standard InChI is InChI=1S/C23H21ClN2O3/c1-15(2)13-28-21-9-7-17(24)11-16(21)12-18-8-10-22(29-18)23(27)26-14-25-19-5-3-4-6-20(19)26/h3-11,14-15H,12-13H2,1-2H3. The highest BCUT2D eigenvalue weighted by Crippen LogP contribution is 2.27. The van der Waals surface area contributed by atoms with E-state index in [9.17, 15) is 4.79 Å². The molecule has 6 heteroatoms. The van der Waals surface area contributed by atoms with Crippen molar-refractivity contribution in [3.8, 4) is 5.75 Å². The predicted octanol–water partition coefficient (Wildman–Crippen LogP) is 5.60. The molecule has 0 radical (unpaired) electrons. The number of ether oxygens (including phenoxy) is 1. The van der Waals surface area contributed by atoms with Gasteiger partial charge in [-0.05, 0) is 48.4 Å². The maximum absolute atomic E-state index is 12.9. The zero-order valence-corrected chi connectivity index (χ0v) is 17.0. The molecular weight excluding hydrogens is 388 g/mol. The number of carbonyl (C=O) groups excluding carboxylic acids is 1. The highest BCUT2D eigenvalue weighted by molar-refractivity contribution is 6.30. The van der Waals surface area contributed by atoms with Gasteiger partial charge in [-0.3, -0.25) is 9.36 Å². The third-order valence-corrected chi connectivity index (χ3v) is 4.74. The summed E-state index contributed by atoms with van der Waals surface area (Å²) in [4.78, 5) is 17.1. The SMILES string of the molecule is CC(C)COc1ccc(Cl)cc1Cc1ccc(C(=O)n2cnc3ccccc32)o1. The van der Waals surface area contributed by atoms with E-state index >= 15 is 0 Å². The normalized spacial score (nSPS) is 11.3. The molecule has 0 N–H and O–H groups in total. The van der Waals surface area contributed by atoms with Gasteiger partial charge in [-0.1, -0.05) is 37.6 Å². The van der Waals surface area contributed by atoms with E-state index in [0.29, 0.717) is 29.7 Å². The van der Waals surface area contributed by atoms with Crippen LogP contribution in [0.1, 0.15) is 35.7 Å². The molecule has 5 nitrogen and oxygen atoms in total. The molecule has 0 atom stereocenters. The molecule has 0 unspecified atom stereocenters. The number of hydrogen-bond donors (Lipinski definition) is 0. The summed E-state index contributed by atoms with van der Waals surface area (Å²) >= 11 is 6.17. The Bertz CT molecular complexity index is 1160. The lowest BCUT2D eigenvalue weighted by molar-refractivity contribution is 0.0935. The molecule has 0 saturated heterocycles. The number of benzene rings is 2. The summed E-state index contributed by atoms with van der Waals surface area (Å²) in [6, 6.07) is 16.5. The fourth-order valence-electron chi connectivity index (χ4n) is 3.10. The fourth-order valence-corrected chi connectivity index (χ4v) is 3.29. The minimum absolute atomic E-state index is 0.257. The van der Waals surface area contributed by atoms with Crippen LogP contribution in [0.5, 0.6) is 5.75 Å². The maximum atomic E-state index is 12.9. The van der Waals surface area contributed by atoms with Gasteiger partial charge in [0.2, 0.25) is 0 Å². The Morgan fingerprint density at radius 2 is 2.00 bits per heavy atom. The zero-order valence-electron chi connectivity index (χ0n) is 16.3. The Kier molecular flexibility index (Phi) is 5.41. The van der Waals surface area contributed by atoms with E-state index in [-0.39, 0.29) is 11.7 Å². The molecule has 0 aliphatic heterocycles. The number of nitrogens with zero attached hydrogens (tertiary/aromatic N) is 2. The molecular formula is C23H21ClN2O3. The minimum atomic E-state index is -0.257. The summed E-state index contributed by atoms with van der Waals surface area (Å²) < 4.78 is 13.2. The van der Waals surface area contributed by atoms with Crippen LogP contribution in [0.4, 0.5) is 0 Å². The molecule has 4 aromatic rings. The van der Waals surface area contributed by atoms with E-state index in [0.717, 1.165) is 22.3 Å². The Morgan fingerprint density at radius 3 is 2.83 bits per heavy atom. The molecule has 2 aromatic carbocycles. The van der Waals surface area contributed by atoms with Crippen LogP contribution in [0.3, 0.4) is 0 Å². The average molecular weight is 409 g/mol. The molecule has 2 heterocycles. The summed E-state index contributed by atoms with van der Waals surface area (Å²) in [7, 11) is 0. The van der Waals surface area contributed by atoms with Crippen LogP contribution >= 0.6 is 11.6 Å². The second-order valence-corrected chi connectivity index (χ2v) is 7.74. The topological polar surface area (TPSA) is 57.3 Å². The van der Waals surface area contributed by atoms with Crippen molar-refractivity contribution in [1.82, 2.24) is 9.55 Å². The molecule has 0 aliphatic rings. The third kappa shape index (κ3) is 4.20. The number of imidazole rings is 1. The summed E-state index contributed by atoms with van der Waals surface area (Å²) in [5, 5.41) is 0.629. The van der Waals surface area contributed by atoms with Crippen molar-refractivity contribution in [2.45, 2.75) is 20.3 Å². The molecule has 0 aliphatic carbocycles. The summed E-state index contributed by atoms with van der Waals surface area (Å²) in [5.74, 6) is 1.85. The number of aromatic nitrogens is 2. The molecule has 0 fully saturated rings. The summed E-state index contributed by atoms with van der Waals surface area (Å²) in [6.45, 7) is 4.81. The first kappa shape index (κ1) is 19.3. The molecule has 29 heavy (non-hydrogen) atoms. The Morgan fingerprint density at radius 1 is 1.17 bits per heavy atom. The summed E-state index contributed by atoms with van der Waals surface area (Å²) in [6.07, 6.45) is 2.00. The van der Waals surface area contributed by atoms with E-state index < -0.39 is 0 Å². The van der Waals surface area contributed by atoms with Gasteiger partial charge in [0.1, 0.15) is 17.8 Å². The summed E-state index contributed by atoms with van der Waals surface area (Å²) in [5.41, 5.74) is 2.42. The van der Waals surface area contributed by atoms with E-state index in [1.165, 1.54) is 10.9 Å². The van der Waals surface area contributed by atoms with Crippen molar-refractivity contribution in [2.75, 3.05) is 6.61 Å². The van der Waals surface area contributed by atoms with Crippen molar-refractivity contribution in [3.63, 3.8) is 0 Å². The van der Waals surface area contributed by atoms with Gasteiger partial charge >= 0.3 is 0 Å². The highest BCUT2D eigenvalue weighted by Gasteiger charge is 2.17. The van der Waals surface area contributed by atoms with Crippen molar-refractivity contribution >= 4 is 28.5 Å². The van der Waals surface area contributed by atoms with Crippen molar-refractivity contribution in [2.24, 2.45) is 5.92 Å². The Balaban J connectivity index is 1.57. The predicted molar refractivity (Wildman–Crippen MR) is 113 cm³/mol. The first-order chi connectivity index (χ1) is 14.0. The molecule has 0 amide bonds. The van der Waals surface area contributed by atoms with Gasteiger partial charge in [-0.15, -0.1) is 0 Å². The number of para-hydroxylation sites is 2. The first-order valence-electron chi connectivity index (χ1n) is 9.48. The molecule has 2 aromatic heterocycles. The van der Waals surface area contributed by atoms with Crippen molar-refractivity contribution in [1.29, 1.82) is 0 Å². The van der Waals surface area contributed by atoms with Crippen LogP contribution in [0, 0.1) is 5.92 Å². The molecule has 4 rings (SSSR count). The maximum Gasteiger partial charge on any atom is 0.299 e. The smallest absolute Gasteiger partial charge is 0.299 e. The van der Waals surface area contributed by atoms with Crippen LogP contribution < -0.4 is 4.74 Å². The zero-order chi connectivity index (χ0) is 20.4. The highest BCUT2D eigenvalue weighted by atomic mass is 35.5. The van der Waals surface area contributed by atoms with Gasteiger partial charge < -0.3 is 9.15 Å². The lowest BCUT2D eigenvalue weighted by Crippen LogP contribution is -2.09. The van der Waals surface area contributed by atoms with Gasteiger partial charge in [-0.25, -0.2) is 4.98 Å². The van der Waals surface area contributed by atoms with E-state index in [4.69, 9.17) is 20.8 Å². The second-order valence-electron chi connectivity index (χ2n) is 7.31. The van der Waals surface area contributed by atoms with E-state index in [2.05, 4.69) is 18.8 Å². The van der Waals surface area contributed by atoms with Crippen molar-refractivity contribution < 1.29 is 13.9 Å². The molecule has 148 valence electrons. The number of fused-ring (bicyclic) bond motifs is 1. The van der Waals surface area contributed by atoms with Gasteiger partial charge in [-0.2, -0.15) is 0 Å². The van der Waals surface area contributed by atoms with Crippen LogP contribution in [0.2, 0.25) is 5.02 Å². The van der Waals surface area contributed by atoms with Gasteiger partial charge in [0, 0.05) is 17.0 Å². The van der Waals surface area contributed by atoms with Crippen molar-refractivity contribution in [3.05, 3.63) is 83.0 Å². The minimum Gasteiger partial charge on any atom is -0.493 e. The Labute approximate surface area is 173 Å². The molecule has 0 bridgehead atoms. The number of halogens is 1. The molecule has 0 saturated carbocycles.